The van der Waals surface area contributed by atoms with Crippen LogP contribution in [-0.2, 0) is 5.75 Å². The van der Waals surface area contributed by atoms with Crippen LogP contribution >= 0.6 is 11.8 Å². The molecule has 0 unspecified atom stereocenters. The van der Waals surface area contributed by atoms with Crippen LogP contribution in [0.3, 0.4) is 0 Å². The second-order valence-electron chi connectivity index (χ2n) is 3.50. The van der Waals surface area contributed by atoms with E-state index in [1.165, 1.54) is 0 Å². The number of aromatic nitrogens is 4. The Labute approximate surface area is 104 Å². The van der Waals surface area contributed by atoms with Crippen LogP contribution in [0.4, 0.5) is 5.82 Å². The summed E-state index contributed by atoms with van der Waals surface area (Å²) < 4.78 is 0. The number of nitrogens with zero attached hydrogens (tertiary/aromatic N) is 3. The Morgan fingerprint density at radius 2 is 2.24 bits per heavy atom. The lowest BCUT2D eigenvalue weighted by atomic mass is 10.4. The molecule has 0 saturated heterocycles. The molecule has 2 aromatic heterocycles. The number of thioether (sulfide) groups is 1. The SMILES string of the molecule is CCCNc1cnc(CSc2ncc[nH]2)cn1. The van der Waals surface area contributed by atoms with Crippen molar-refractivity contribution >= 4 is 17.6 Å². The summed E-state index contributed by atoms with van der Waals surface area (Å²) in [5.41, 5.74) is 0.952. The average Bonchev–Trinajstić information content (AvgIpc) is 2.88. The predicted molar refractivity (Wildman–Crippen MR) is 69.0 cm³/mol. The predicted octanol–water partition coefficient (Wildman–Crippen LogP) is 2.31. The maximum absolute atomic E-state index is 4.34. The smallest absolute Gasteiger partial charge is 0.165 e. The lowest BCUT2D eigenvalue weighted by molar-refractivity contribution is 0.959. The van der Waals surface area contributed by atoms with Crippen LogP contribution in [0.15, 0.2) is 29.9 Å². The van der Waals surface area contributed by atoms with Gasteiger partial charge in [-0.15, -0.1) is 0 Å². The van der Waals surface area contributed by atoms with Crippen LogP contribution < -0.4 is 5.32 Å². The van der Waals surface area contributed by atoms with Gasteiger partial charge >= 0.3 is 0 Å². The van der Waals surface area contributed by atoms with E-state index in [4.69, 9.17) is 0 Å². The van der Waals surface area contributed by atoms with Crippen LogP contribution in [0.2, 0.25) is 0 Å². The van der Waals surface area contributed by atoms with Crippen molar-refractivity contribution in [2.75, 3.05) is 11.9 Å². The van der Waals surface area contributed by atoms with E-state index in [-0.39, 0.29) is 0 Å². The van der Waals surface area contributed by atoms with Gasteiger partial charge in [-0.25, -0.2) is 9.97 Å². The van der Waals surface area contributed by atoms with E-state index in [1.54, 1.807) is 30.4 Å². The summed E-state index contributed by atoms with van der Waals surface area (Å²) in [6.45, 7) is 3.05. The zero-order valence-corrected chi connectivity index (χ0v) is 10.5. The molecule has 17 heavy (non-hydrogen) atoms. The summed E-state index contributed by atoms with van der Waals surface area (Å²) in [6.07, 6.45) is 8.21. The van der Waals surface area contributed by atoms with E-state index in [0.717, 1.165) is 35.4 Å². The Morgan fingerprint density at radius 3 is 2.88 bits per heavy atom. The molecule has 0 amide bonds. The number of imidazole rings is 1. The molecule has 0 aliphatic heterocycles. The van der Waals surface area contributed by atoms with E-state index in [9.17, 15) is 0 Å². The number of aromatic amines is 1. The number of anilines is 1. The topological polar surface area (TPSA) is 66.5 Å². The van der Waals surface area contributed by atoms with Crippen LogP contribution in [0.25, 0.3) is 0 Å². The minimum Gasteiger partial charge on any atom is -0.369 e. The molecule has 0 spiro atoms. The summed E-state index contributed by atoms with van der Waals surface area (Å²) >= 11 is 1.61. The Balaban J connectivity index is 1.85. The molecule has 2 N–H and O–H groups in total. The van der Waals surface area contributed by atoms with E-state index >= 15 is 0 Å². The minimum absolute atomic E-state index is 0.772. The van der Waals surface area contributed by atoms with Gasteiger partial charge in [0, 0.05) is 24.7 Å². The van der Waals surface area contributed by atoms with Crippen LogP contribution in [0.5, 0.6) is 0 Å². The van der Waals surface area contributed by atoms with Crippen molar-refractivity contribution in [1.82, 2.24) is 19.9 Å². The summed E-state index contributed by atoms with van der Waals surface area (Å²) in [7, 11) is 0. The van der Waals surface area contributed by atoms with Crippen molar-refractivity contribution in [3.8, 4) is 0 Å². The second kappa shape index (κ2) is 6.24. The zero-order chi connectivity index (χ0) is 11.9. The third-order valence-electron chi connectivity index (χ3n) is 2.09. The van der Waals surface area contributed by atoms with Gasteiger partial charge in [-0.05, 0) is 6.42 Å². The summed E-state index contributed by atoms with van der Waals surface area (Å²) in [6, 6.07) is 0. The average molecular weight is 249 g/mol. The van der Waals surface area contributed by atoms with Crippen LogP contribution in [0.1, 0.15) is 19.0 Å². The maximum Gasteiger partial charge on any atom is 0.165 e. The fraction of sp³-hybridized carbons (Fsp3) is 0.364. The quantitative estimate of drug-likeness (QED) is 0.769. The Morgan fingerprint density at radius 1 is 1.29 bits per heavy atom. The van der Waals surface area contributed by atoms with Crippen molar-refractivity contribution in [3.63, 3.8) is 0 Å². The lowest BCUT2D eigenvalue weighted by Crippen LogP contribution is -2.02. The first kappa shape index (κ1) is 11.9. The molecular formula is C11H15N5S. The molecule has 0 radical (unpaired) electrons. The first-order valence-electron chi connectivity index (χ1n) is 5.55. The van der Waals surface area contributed by atoms with E-state index in [0.29, 0.717) is 0 Å². The third kappa shape index (κ3) is 3.74. The van der Waals surface area contributed by atoms with Gasteiger partial charge in [0.15, 0.2) is 5.16 Å². The lowest BCUT2D eigenvalue weighted by Gasteiger charge is -2.03. The highest BCUT2D eigenvalue weighted by Crippen LogP contribution is 2.17. The Bertz CT molecular complexity index is 426. The Hall–Kier alpha value is -1.56. The molecule has 0 bridgehead atoms. The molecule has 0 aromatic carbocycles. The maximum atomic E-state index is 4.34. The number of H-pyrrole nitrogens is 1. The molecule has 0 aliphatic carbocycles. The second-order valence-corrected chi connectivity index (χ2v) is 4.47. The standard InChI is InChI=1S/C11H15N5S/c1-2-3-12-10-7-15-9(6-16-10)8-17-11-13-4-5-14-11/h4-7H,2-3,8H2,1H3,(H,12,16)(H,13,14). The molecule has 6 heteroatoms. The molecular weight excluding hydrogens is 234 g/mol. The first-order valence-corrected chi connectivity index (χ1v) is 6.54. The monoisotopic (exact) mass is 249 g/mol. The van der Waals surface area contributed by atoms with Crippen molar-refractivity contribution in [2.45, 2.75) is 24.3 Å². The van der Waals surface area contributed by atoms with Gasteiger partial charge in [0.2, 0.25) is 0 Å². The van der Waals surface area contributed by atoms with Crippen LogP contribution in [0, 0.1) is 0 Å². The molecule has 2 heterocycles. The minimum atomic E-state index is 0.772. The van der Waals surface area contributed by atoms with Gasteiger partial charge in [0.25, 0.3) is 0 Å². The largest absolute Gasteiger partial charge is 0.369 e. The van der Waals surface area contributed by atoms with Gasteiger partial charge < -0.3 is 10.3 Å². The molecule has 2 rings (SSSR count). The highest BCUT2D eigenvalue weighted by molar-refractivity contribution is 7.98. The highest BCUT2D eigenvalue weighted by atomic mass is 32.2. The van der Waals surface area contributed by atoms with Gasteiger partial charge in [0.1, 0.15) is 5.82 Å². The molecule has 0 atom stereocenters. The number of hydrogen-bond acceptors (Lipinski definition) is 5. The summed E-state index contributed by atoms with van der Waals surface area (Å²) in [5, 5.41) is 4.10. The van der Waals surface area contributed by atoms with Gasteiger partial charge in [-0.1, -0.05) is 18.7 Å². The number of hydrogen-bond donors (Lipinski definition) is 2. The zero-order valence-electron chi connectivity index (χ0n) is 9.68. The molecule has 0 saturated carbocycles. The van der Waals surface area contributed by atoms with Crippen molar-refractivity contribution in [3.05, 3.63) is 30.5 Å². The van der Waals surface area contributed by atoms with Crippen molar-refractivity contribution in [2.24, 2.45) is 0 Å². The van der Waals surface area contributed by atoms with Gasteiger partial charge in [-0.3, -0.25) is 4.98 Å². The molecule has 0 aliphatic rings. The van der Waals surface area contributed by atoms with E-state index < -0.39 is 0 Å². The molecule has 0 fully saturated rings. The fourth-order valence-electron chi connectivity index (χ4n) is 1.25. The molecule has 2 aromatic rings. The van der Waals surface area contributed by atoms with E-state index in [1.807, 2.05) is 6.20 Å². The molecule has 5 nitrogen and oxygen atoms in total. The number of rotatable bonds is 6. The fourth-order valence-corrected chi connectivity index (χ4v) is 1.97. The third-order valence-corrected chi connectivity index (χ3v) is 3.03. The van der Waals surface area contributed by atoms with Crippen LogP contribution in [-0.4, -0.2) is 26.5 Å². The van der Waals surface area contributed by atoms with Crippen molar-refractivity contribution in [1.29, 1.82) is 0 Å². The molecule has 90 valence electrons. The normalized spacial score (nSPS) is 10.4. The Kier molecular flexibility index (Phi) is 4.37. The van der Waals surface area contributed by atoms with Gasteiger partial charge in [0.05, 0.1) is 18.1 Å². The van der Waals surface area contributed by atoms with Crippen molar-refractivity contribution < 1.29 is 0 Å². The van der Waals surface area contributed by atoms with E-state index in [2.05, 4.69) is 32.2 Å². The summed E-state index contributed by atoms with van der Waals surface area (Å²) in [4.78, 5) is 15.8. The first-order chi connectivity index (χ1) is 8.38. The highest BCUT2D eigenvalue weighted by Gasteiger charge is 2.00. The number of nitrogens with one attached hydrogen (secondary N) is 2. The summed E-state index contributed by atoms with van der Waals surface area (Å²) in [5.74, 6) is 1.60. The van der Waals surface area contributed by atoms with Gasteiger partial charge in [-0.2, -0.15) is 0 Å².